The van der Waals surface area contributed by atoms with Crippen molar-refractivity contribution in [1.82, 2.24) is 5.32 Å². The van der Waals surface area contributed by atoms with Gasteiger partial charge in [0.1, 0.15) is 24.6 Å². The molecule has 0 saturated heterocycles. The molecule has 2 aromatic carbocycles. The molecule has 12 nitrogen and oxygen atoms in total. The molecule has 0 spiro atoms. The molecule has 14 heteroatoms. The van der Waals surface area contributed by atoms with Gasteiger partial charge in [-0.3, -0.25) is 18.0 Å². The Kier molecular flexibility index (Phi) is 6.88. The van der Waals surface area contributed by atoms with Gasteiger partial charge in [-0.2, -0.15) is 16.8 Å². The zero-order valence-corrected chi connectivity index (χ0v) is 21.8. The Morgan fingerprint density at radius 1 is 0.973 bits per heavy atom. The fourth-order valence-corrected chi connectivity index (χ4v) is 5.79. The molecule has 198 valence electrons. The highest BCUT2D eigenvalue weighted by Crippen LogP contribution is 2.45. The largest absolute Gasteiger partial charge is 0.497 e. The van der Waals surface area contributed by atoms with Crippen molar-refractivity contribution in [3.63, 3.8) is 0 Å². The van der Waals surface area contributed by atoms with Crippen LogP contribution in [0, 0.1) is 0 Å². The van der Waals surface area contributed by atoms with Crippen LogP contribution in [-0.2, 0) is 46.4 Å². The van der Waals surface area contributed by atoms with Crippen molar-refractivity contribution in [3.05, 3.63) is 63.2 Å². The van der Waals surface area contributed by atoms with Crippen molar-refractivity contribution in [2.24, 2.45) is 0 Å². The van der Waals surface area contributed by atoms with E-state index in [1.807, 2.05) is 0 Å². The highest BCUT2D eigenvalue weighted by molar-refractivity contribution is 7.86. The molecule has 0 heterocycles. The van der Waals surface area contributed by atoms with Gasteiger partial charge in [0.15, 0.2) is 11.6 Å². The number of rotatable bonds is 7. The van der Waals surface area contributed by atoms with E-state index in [-0.39, 0.29) is 45.4 Å². The molecule has 2 aliphatic carbocycles. The number of methoxy groups -OCH3 is 1. The molecule has 2 unspecified atom stereocenters. The van der Waals surface area contributed by atoms with E-state index in [0.717, 1.165) is 12.5 Å². The number of hydrogen-bond acceptors (Lipinski definition) is 11. The first-order valence-electron chi connectivity index (χ1n) is 10.8. The minimum Gasteiger partial charge on any atom is -0.497 e. The molecule has 0 radical (unpaired) electrons. The van der Waals surface area contributed by atoms with E-state index in [1.54, 1.807) is 0 Å². The van der Waals surface area contributed by atoms with Crippen LogP contribution in [-0.4, -0.2) is 67.3 Å². The first-order valence-corrected chi connectivity index (χ1v) is 14.4. The van der Waals surface area contributed by atoms with Gasteiger partial charge >= 0.3 is 6.09 Å². The summed E-state index contributed by atoms with van der Waals surface area (Å²) in [5.74, 6) is -0.683. The Hall–Kier alpha value is -3.33. The molecular formula is C23H23NO11S2. The molecule has 0 aliphatic heterocycles. The lowest BCUT2D eigenvalue weighted by atomic mass is 9.79. The number of hydrogen-bond donors (Lipinski definition) is 1. The number of alkyl carbamates (subject to hydrolysis) is 1. The lowest BCUT2D eigenvalue weighted by Gasteiger charge is -2.24. The average Bonchev–Trinajstić information content (AvgIpc) is 3.14. The summed E-state index contributed by atoms with van der Waals surface area (Å²) in [6.07, 6.45) is -2.37. The van der Waals surface area contributed by atoms with Crippen LogP contribution in [0.1, 0.15) is 54.6 Å². The number of fused-ring (bicyclic) bond motifs is 4. The van der Waals surface area contributed by atoms with Crippen molar-refractivity contribution in [2.75, 3.05) is 26.7 Å². The van der Waals surface area contributed by atoms with Gasteiger partial charge in [-0.1, -0.05) is 0 Å². The molecule has 0 aromatic heterocycles. The molecule has 2 atom stereocenters. The number of nitrogens with one attached hydrogen (secondary N) is 1. The van der Waals surface area contributed by atoms with Crippen molar-refractivity contribution in [3.8, 4) is 5.75 Å². The van der Waals surface area contributed by atoms with Crippen LogP contribution in [0.4, 0.5) is 4.79 Å². The van der Waals surface area contributed by atoms with Gasteiger partial charge in [0.05, 0.1) is 19.6 Å². The predicted octanol–water partition coefficient (Wildman–Crippen LogP) is 1.24. The van der Waals surface area contributed by atoms with Crippen LogP contribution < -0.4 is 10.1 Å². The normalized spacial score (nSPS) is 18.6. The number of carbonyl (C=O) groups is 3. The third kappa shape index (κ3) is 5.23. The van der Waals surface area contributed by atoms with E-state index in [0.29, 0.717) is 5.75 Å². The third-order valence-corrected chi connectivity index (χ3v) is 7.07. The molecule has 0 bridgehead atoms. The first kappa shape index (κ1) is 26.7. The van der Waals surface area contributed by atoms with Crippen molar-refractivity contribution < 1.29 is 49.1 Å². The lowest BCUT2D eigenvalue weighted by molar-refractivity contribution is 0.0763. The quantitative estimate of drug-likeness (QED) is 0.418. The highest BCUT2D eigenvalue weighted by Gasteiger charge is 2.45. The van der Waals surface area contributed by atoms with Gasteiger partial charge in [-0.15, -0.1) is 0 Å². The van der Waals surface area contributed by atoms with E-state index in [9.17, 15) is 31.2 Å². The fraction of sp³-hybridized carbons (Fsp3) is 0.348. The summed E-state index contributed by atoms with van der Waals surface area (Å²) in [5.41, 5.74) is 0.581. The van der Waals surface area contributed by atoms with Gasteiger partial charge in [-0.05, 0) is 41.0 Å². The number of ether oxygens (including phenoxy) is 2. The molecule has 2 aliphatic rings. The van der Waals surface area contributed by atoms with Crippen molar-refractivity contribution >= 4 is 37.9 Å². The minimum atomic E-state index is -4.15. The average molecular weight is 554 g/mol. The summed E-state index contributed by atoms with van der Waals surface area (Å²) < 4.78 is 68.9. The summed E-state index contributed by atoms with van der Waals surface area (Å²) in [6, 6.07) is 5.71. The van der Waals surface area contributed by atoms with Gasteiger partial charge in [0.2, 0.25) is 0 Å². The topological polar surface area (TPSA) is 168 Å². The van der Waals surface area contributed by atoms with Crippen LogP contribution in [0.3, 0.4) is 0 Å². The Morgan fingerprint density at radius 3 is 2.24 bits per heavy atom. The second-order valence-corrected chi connectivity index (χ2v) is 11.7. The standard InChI is InChI=1S/C23H23NO11S2/c1-24-23(27)33-10-11-7-16-19(21(26)13-6-5-12(32-2)8-14(13)20(16)25)15-9-17(34-36(3,28)29)22(18(11)15)35-37(4,30)31/h5-8,17,22H,9-10H2,1-4H3,(H,24,27). The maximum atomic E-state index is 13.6. The fourth-order valence-electron chi connectivity index (χ4n) is 4.57. The van der Waals surface area contributed by atoms with E-state index in [2.05, 4.69) is 5.32 Å². The van der Waals surface area contributed by atoms with Gasteiger partial charge in [-0.25, -0.2) is 4.79 Å². The van der Waals surface area contributed by atoms with Crippen LogP contribution in [0.5, 0.6) is 5.75 Å². The maximum Gasteiger partial charge on any atom is 0.407 e. The van der Waals surface area contributed by atoms with E-state index in [1.165, 1.54) is 38.4 Å². The van der Waals surface area contributed by atoms with E-state index < -0.39 is 56.7 Å². The summed E-state index contributed by atoms with van der Waals surface area (Å²) in [6.45, 7) is -0.434. The summed E-state index contributed by atoms with van der Waals surface area (Å²) in [7, 11) is -5.50. The van der Waals surface area contributed by atoms with Gasteiger partial charge in [0, 0.05) is 35.7 Å². The smallest absolute Gasteiger partial charge is 0.407 e. The Bertz CT molecular complexity index is 1540. The Morgan fingerprint density at radius 2 is 1.65 bits per heavy atom. The Labute approximate surface area is 213 Å². The van der Waals surface area contributed by atoms with E-state index in [4.69, 9.17) is 17.8 Å². The van der Waals surface area contributed by atoms with Crippen LogP contribution in [0.25, 0.3) is 0 Å². The number of ketones is 2. The SMILES string of the molecule is CNC(=O)OCc1cc2c(c3c1C(OS(C)(=O)=O)C(OS(C)(=O)=O)C3)C(=O)c1ccc(OC)cc1C2=O. The summed E-state index contributed by atoms with van der Waals surface area (Å²) >= 11 is 0. The molecule has 1 N–H and O–H groups in total. The zero-order valence-electron chi connectivity index (χ0n) is 20.2. The monoisotopic (exact) mass is 553 g/mol. The van der Waals surface area contributed by atoms with Crippen molar-refractivity contribution in [1.29, 1.82) is 0 Å². The van der Waals surface area contributed by atoms with Gasteiger partial charge in [0.25, 0.3) is 20.2 Å². The number of benzene rings is 2. The third-order valence-electron chi connectivity index (χ3n) is 5.92. The molecular weight excluding hydrogens is 530 g/mol. The zero-order chi connectivity index (χ0) is 27.3. The van der Waals surface area contributed by atoms with Crippen LogP contribution in [0.15, 0.2) is 24.3 Å². The molecule has 37 heavy (non-hydrogen) atoms. The molecule has 2 aromatic rings. The molecule has 4 rings (SSSR count). The summed E-state index contributed by atoms with van der Waals surface area (Å²) in [5, 5.41) is 2.27. The molecule has 1 amide bonds. The van der Waals surface area contributed by atoms with Crippen LogP contribution in [0.2, 0.25) is 0 Å². The molecule has 0 saturated carbocycles. The molecule has 0 fully saturated rings. The lowest BCUT2D eigenvalue weighted by Crippen LogP contribution is -2.26. The first-order chi connectivity index (χ1) is 17.2. The van der Waals surface area contributed by atoms with E-state index >= 15 is 0 Å². The predicted molar refractivity (Wildman–Crippen MR) is 128 cm³/mol. The Balaban J connectivity index is 1.97. The number of carbonyl (C=O) groups excluding carboxylic acids is 3. The van der Waals surface area contributed by atoms with Crippen LogP contribution >= 0.6 is 0 Å². The van der Waals surface area contributed by atoms with Crippen molar-refractivity contribution in [2.45, 2.75) is 25.2 Å². The maximum absolute atomic E-state index is 13.6. The number of amides is 1. The second kappa shape index (κ2) is 9.52. The second-order valence-electron chi connectivity index (χ2n) is 8.51. The highest BCUT2D eigenvalue weighted by atomic mass is 32.2. The minimum absolute atomic E-state index is 0.0156. The summed E-state index contributed by atoms with van der Waals surface area (Å²) in [4.78, 5) is 38.9. The van der Waals surface area contributed by atoms with Gasteiger partial charge < -0.3 is 14.8 Å².